The molecule has 1 aromatic rings. The lowest BCUT2D eigenvalue weighted by molar-refractivity contribution is -0.0574. The fourth-order valence-electron chi connectivity index (χ4n) is 1.36. The number of carbonyl (C=O) groups excluding carboxylic acids is 1. The van der Waals surface area contributed by atoms with E-state index in [1.165, 1.54) is 6.92 Å². The molecule has 0 amide bonds. The van der Waals surface area contributed by atoms with Gasteiger partial charge in [-0.05, 0) is 6.92 Å². The summed E-state index contributed by atoms with van der Waals surface area (Å²) in [6.45, 7) is 0.310. The predicted octanol–water partition coefficient (Wildman–Crippen LogP) is -1.91. The molecule has 112 valence electrons. The number of carbonyl (C=O) groups is 1. The molecule has 8 nitrogen and oxygen atoms in total. The molecule has 0 aliphatic rings. The van der Waals surface area contributed by atoms with Crippen LogP contribution in [0.4, 0.5) is 14.6 Å². The van der Waals surface area contributed by atoms with Crippen LogP contribution in [-0.2, 0) is 0 Å². The molecule has 0 unspecified atom stereocenters. The second kappa shape index (κ2) is 5.61. The van der Waals surface area contributed by atoms with Crippen LogP contribution in [0, 0.1) is 6.92 Å². The summed E-state index contributed by atoms with van der Waals surface area (Å²) in [6.07, 6.45) is -1.22. The maximum Gasteiger partial charge on any atom is 0.356 e. The Bertz CT molecular complexity index is 575. The molecule has 1 rings (SSSR count). The van der Waals surface area contributed by atoms with Gasteiger partial charge in [0.05, 0.1) is 12.7 Å². The minimum absolute atomic E-state index is 0.0651. The molecule has 0 aliphatic carbocycles. The molecular weight excluding hydrogens is 278 g/mol. The first kappa shape index (κ1) is 16.1. The van der Waals surface area contributed by atoms with Crippen molar-refractivity contribution in [2.45, 2.75) is 25.0 Å². The van der Waals surface area contributed by atoms with Crippen LogP contribution in [0.25, 0.3) is 0 Å². The van der Waals surface area contributed by atoms with Crippen LogP contribution < -0.4 is 17.2 Å². The Morgan fingerprint density at radius 3 is 2.65 bits per heavy atom. The Morgan fingerprint density at radius 1 is 1.60 bits per heavy atom. The monoisotopic (exact) mass is 292 g/mol. The average Bonchev–Trinajstić information content (AvgIpc) is 2.40. The summed E-state index contributed by atoms with van der Waals surface area (Å²) in [4.78, 5) is 26.3. The van der Waals surface area contributed by atoms with Gasteiger partial charge in [0.25, 0.3) is 0 Å². The molecule has 0 saturated carbocycles. The summed E-state index contributed by atoms with van der Waals surface area (Å²) in [5.74, 6) is -6.42. The zero-order valence-electron chi connectivity index (χ0n) is 10.5. The highest BCUT2D eigenvalue weighted by Gasteiger charge is 2.49. The van der Waals surface area contributed by atoms with Gasteiger partial charge in [0.15, 0.2) is 0 Å². The molecule has 0 aromatic carbocycles. The van der Waals surface area contributed by atoms with E-state index in [1.54, 1.807) is 0 Å². The van der Waals surface area contributed by atoms with Crippen LogP contribution in [0.5, 0.6) is 0 Å². The molecule has 0 aliphatic heterocycles. The zero-order chi connectivity index (χ0) is 15.7. The first-order valence-corrected chi connectivity index (χ1v) is 5.45. The first-order valence-electron chi connectivity index (χ1n) is 5.45. The van der Waals surface area contributed by atoms with Gasteiger partial charge in [-0.25, -0.2) is 9.36 Å². The number of aliphatic hydroxyl groups is 2. The molecular formula is C10H14F2N4O4. The Kier molecular flexibility index (Phi) is 4.53. The number of hydrogen-bond donors (Lipinski definition) is 4. The molecule has 0 spiro atoms. The van der Waals surface area contributed by atoms with Crippen molar-refractivity contribution >= 4 is 11.7 Å². The molecule has 2 atom stereocenters. The third kappa shape index (κ3) is 2.81. The second-order valence-corrected chi connectivity index (χ2v) is 4.17. The Hall–Kier alpha value is -1.91. The fraction of sp³-hybridized carbons (Fsp3) is 0.500. The molecule has 1 heterocycles. The standard InChI is InChI=1S/C10H14F2N4O4/c1-4-2-16(9(20)15-7(4)14)8(19)10(11,12)6(13)5(18)3-17/h2,5-6,17-18H,3,13H2,1H3,(H2,14,15,20)/t5-,6-/m1/s1. The number of rotatable bonds is 4. The van der Waals surface area contributed by atoms with E-state index >= 15 is 0 Å². The van der Waals surface area contributed by atoms with E-state index in [1.807, 2.05) is 0 Å². The lowest BCUT2D eigenvalue weighted by atomic mass is 10.0. The van der Waals surface area contributed by atoms with Crippen LogP contribution in [-0.4, -0.2) is 50.3 Å². The number of halogens is 2. The minimum Gasteiger partial charge on any atom is -0.394 e. The Morgan fingerprint density at radius 2 is 2.15 bits per heavy atom. The number of aromatic nitrogens is 2. The number of nitrogens with zero attached hydrogens (tertiary/aromatic N) is 2. The van der Waals surface area contributed by atoms with Gasteiger partial charge in [0, 0.05) is 11.8 Å². The molecule has 0 saturated heterocycles. The first-order chi connectivity index (χ1) is 9.12. The van der Waals surface area contributed by atoms with Crippen molar-refractivity contribution in [3.05, 3.63) is 22.2 Å². The molecule has 6 N–H and O–H groups in total. The van der Waals surface area contributed by atoms with Gasteiger partial charge in [-0.3, -0.25) is 4.79 Å². The van der Waals surface area contributed by atoms with Crippen molar-refractivity contribution in [3.8, 4) is 0 Å². The smallest absolute Gasteiger partial charge is 0.356 e. The molecule has 0 bridgehead atoms. The van der Waals surface area contributed by atoms with Gasteiger partial charge in [0.1, 0.15) is 11.9 Å². The Balaban J connectivity index is 3.24. The van der Waals surface area contributed by atoms with Crippen LogP contribution in [0.15, 0.2) is 11.0 Å². The van der Waals surface area contributed by atoms with Crippen molar-refractivity contribution in [2.24, 2.45) is 5.73 Å². The number of alkyl halides is 2. The highest BCUT2D eigenvalue weighted by molar-refractivity contribution is 5.86. The van der Waals surface area contributed by atoms with Crippen molar-refractivity contribution in [2.75, 3.05) is 12.3 Å². The summed E-state index contributed by atoms with van der Waals surface area (Å²) < 4.78 is 27.6. The molecule has 0 fully saturated rings. The van der Waals surface area contributed by atoms with Gasteiger partial charge in [0.2, 0.25) is 0 Å². The van der Waals surface area contributed by atoms with Crippen LogP contribution in [0.2, 0.25) is 0 Å². The van der Waals surface area contributed by atoms with Gasteiger partial charge in [-0.2, -0.15) is 13.8 Å². The maximum atomic E-state index is 13.8. The highest BCUT2D eigenvalue weighted by atomic mass is 19.3. The van der Waals surface area contributed by atoms with Crippen molar-refractivity contribution in [1.29, 1.82) is 0 Å². The van der Waals surface area contributed by atoms with E-state index in [0.717, 1.165) is 6.20 Å². The maximum absolute atomic E-state index is 13.8. The molecule has 20 heavy (non-hydrogen) atoms. The SMILES string of the molecule is Cc1cn(C(=O)C(F)(F)[C@H](N)[C@H](O)CO)c(=O)nc1N. The summed E-state index contributed by atoms with van der Waals surface area (Å²) in [5.41, 5.74) is 9.18. The van der Waals surface area contributed by atoms with E-state index < -0.39 is 36.3 Å². The minimum atomic E-state index is -4.27. The van der Waals surface area contributed by atoms with Crippen LogP contribution >= 0.6 is 0 Å². The number of anilines is 1. The van der Waals surface area contributed by atoms with Crippen molar-refractivity contribution < 1.29 is 23.8 Å². The number of hydrogen-bond acceptors (Lipinski definition) is 7. The van der Waals surface area contributed by atoms with E-state index in [9.17, 15) is 18.4 Å². The van der Waals surface area contributed by atoms with Gasteiger partial charge in [-0.1, -0.05) is 0 Å². The molecule has 10 heteroatoms. The van der Waals surface area contributed by atoms with E-state index in [2.05, 4.69) is 4.98 Å². The number of aryl methyl sites for hydroxylation is 1. The summed E-state index contributed by atoms with van der Waals surface area (Å²) in [5, 5.41) is 17.7. The quantitative estimate of drug-likeness (QED) is 0.506. The highest BCUT2D eigenvalue weighted by Crippen LogP contribution is 2.22. The summed E-state index contributed by atoms with van der Waals surface area (Å²) in [7, 11) is 0. The van der Waals surface area contributed by atoms with Crippen LogP contribution in [0.1, 0.15) is 10.4 Å². The van der Waals surface area contributed by atoms with E-state index in [0.29, 0.717) is 0 Å². The second-order valence-electron chi connectivity index (χ2n) is 4.17. The third-order valence-electron chi connectivity index (χ3n) is 2.67. The number of aliphatic hydroxyl groups excluding tert-OH is 2. The number of nitrogens with two attached hydrogens (primary N) is 2. The predicted molar refractivity (Wildman–Crippen MR) is 64.3 cm³/mol. The van der Waals surface area contributed by atoms with E-state index in [-0.39, 0.29) is 15.9 Å². The summed E-state index contributed by atoms with van der Waals surface area (Å²) in [6, 6.07) is -2.37. The third-order valence-corrected chi connectivity index (χ3v) is 2.67. The molecule has 0 radical (unpaired) electrons. The van der Waals surface area contributed by atoms with Crippen LogP contribution in [0.3, 0.4) is 0 Å². The molecule has 1 aromatic heterocycles. The van der Waals surface area contributed by atoms with E-state index in [4.69, 9.17) is 21.7 Å². The van der Waals surface area contributed by atoms with Gasteiger partial charge >= 0.3 is 17.5 Å². The zero-order valence-corrected chi connectivity index (χ0v) is 10.5. The van der Waals surface area contributed by atoms with Crippen molar-refractivity contribution in [1.82, 2.24) is 9.55 Å². The summed E-state index contributed by atoms with van der Waals surface area (Å²) >= 11 is 0. The van der Waals surface area contributed by atoms with Gasteiger partial charge < -0.3 is 21.7 Å². The fourth-order valence-corrected chi connectivity index (χ4v) is 1.36. The van der Waals surface area contributed by atoms with Crippen molar-refractivity contribution in [3.63, 3.8) is 0 Å². The number of nitrogen functional groups attached to an aromatic ring is 1. The Labute approximate surface area is 111 Å². The largest absolute Gasteiger partial charge is 0.394 e. The average molecular weight is 292 g/mol. The van der Waals surface area contributed by atoms with Gasteiger partial charge in [-0.15, -0.1) is 0 Å². The lowest BCUT2D eigenvalue weighted by Gasteiger charge is -2.25. The lowest BCUT2D eigenvalue weighted by Crippen LogP contribution is -2.57. The topological polar surface area (TPSA) is 144 Å². The normalized spacial score (nSPS) is 14.9.